The van der Waals surface area contributed by atoms with Crippen LogP contribution in [-0.4, -0.2) is 5.97 Å². The van der Waals surface area contributed by atoms with Crippen molar-refractivity contribution in [2.75, 3.05) is 0 Å². The number of thiol groups is 1. The predicted octanol–water partition coefficient (Wildman–Crippen LogP) is 7.66. The van der Waals surface area contributed by atoms with Crippen LogP contribution in [-0.2, 0) is 8.98 Å². The molecule has 0 aliphatic heterocycles. The Bertz CT molecular complexity index is 269. The molecule has 0 aromatic rings. The van der Waals surface area contributed by atoms with E-state index in [1.165, 1.54) is 89.9 Å². The highest BCUT2D eigenvalue weighted by Crippen LogP contribution is 2.16. The lowest BCUT2D eigenvalue weighted by molar-refractivity contribution is -0.132. The molecule has 0 aromatic heterocycles. The van der Waals surface area contributed by atoms with Crippen molar-refractivity contribution >= 4 is 18.9 Å². The molecule has 0 saturated carbocycles. The Labute approximate surface area is 157 Å². The molecule has 24 heavy (non-hydrogen) atoms. The van der Waals surface area contributed by atoms with Crippen LogP contribution in [0.5, 0.6) is 0 Å². The molecule has 2 nitrogen and oxygen atoms in total. The van der Waals surface area contributed by atoms with E-state index in [9.17, 15) is 4.79 Å². The summed E-state index contributed by atoms with van der Waals surface area (Å²) < 4.78 is 4.34. The van der Waals surface area contributed by atoms with Gasteiger partial charge in [-0.3, -0.25) is 4.79 Å². The normalized spacial score (nSPS) is 12.3. The molecule has 0 N–H and O–H groups in total. The Morgan fingerprint density at radius 2 is 1.12 bits per heavy atom. The number of carbonyl (C=O) groups is 1. The van der Waals surface area contributed by atoms with Crippen molar-refractivity contribution in [1.29, 1.82) is 0 Å². The van der Waals surface area contributed by atoms with Gasteiger partial charge in [-0.1, -0.05) is 110 Å². The zero-order valence-electron chi connectivity index (χ0n) is 16.4. The second kappa shape index (κ2) is 19.1. The topological polar surface area (TPSA) is 26.3 Å². The molecule has 1 unspecified atom stereocenters. The molecule has 0 aliphatic carbocycles. The monoisotopic (exact) mass is 358 g/mol. The van der Waals surface area contributed by atoms with Crippen LogP contribution in [0.4, 0.5) is 0 Å². The second-order valence-corrected chi connectivity index (χ2v) is 7.65. The highest BCUT2D eigenvalue weighted by Gasteiger charge is 2.00. The van der Waals surface area contributed by atoms with E-state index < -0.39 is 0 Å². The molecule has 0 aliphatic rings. The minimum Gasteiger partial charge on any atom is -0.395 e. The van der Waals surface area contributed by atoms with Gasteiger partial charge in [-0.15, -0.1) is 0 Å². The maximum atomic E-state index is 10.9. The quantitative estimate of drug-likeness (QED) is 0.155. The SMILES string of the molecule is CCC(C)CCCCCCCCCCCCCCCCC(=O)OS. The van der Waals surface area contributed by atoms with E-state index in [2.05, 4.69) is 30.9 Å². The first-order valence-corrected chi connectivity index (χ1v) is 10.9. The van der Waals surface area contributed by atoms with E-state index in [4.69, 9.17) is 0 Å². The fourth-order valence-electron chi connectivity index (χ4n) is 3.13. The van der Waals surface area contributed by atoms with Crippen molar-refractivity contribution in [3.8, 4) is 0 Å². The summed E-state index contributed by atoms with van der Waals surface area (Å²) in [5, 5.41) is 0. The van der Waals surface area contributed by atoms with Crippen LogP contribution >= 0.6 is 12.9 Å². The van der Waals surface area contributed by atoms with E-state index >= 15 is 0 Å². The first-order chi connectivity index (χ1) is 11.7. The average molecular weight is 359 g/mol. The lowest BCUT2D eigenvalue weighted by Crippen LogP contribution is -1.95. The van der Waals surface area contributed by atoms with E-state index in [0.29, 0.717) is 6.42 Å². The highest BCUT2D eigenvalue weighted by molar-refractivity contribution is 7.75. The van der Waals surface area contributed by atoms with Crippen molar-refractivity contribution < 1.29 is 8.98 Å². The van der Waals surface area contributed by atoms with Crippen LogP contribution in [0.2, 0.25) is 0 Å². The maximum absolute atomic E-state index is 10.9. The number of unbranched alkanes of at least 4 members (excludes halogenated alkanes) is 13. The third-order valence-electron chi connectivity index (χ3n) is 5.13. The smallest absolute Gasteiger partial charge is 0.317 e. The van der Waals surface area contributed by atoms with Gasteiger partial charge in [-0.2, -0.15) is 0 Å². The third-order valence-corrected chi connectivity index (χ3v) is 5.33. The molecule has 0 fully saturated rings. The standard InChI is InChI=1S/C21H42O2S/c1-3-20(2)18-16-14-12-10-8-6-4-5-7-9-11-13-15-17-19-21(22)23-24/h20,24H,3-19H2,1-2H3. The van der Waals surface area contributed by atoms with Crippen LogP contribution in [0.25, 0.3) is 0 Å². The largest absolute Gasteiger partial charge is 0.395 e. The van der Waals surface area contributed by atoms with Crippen molar-refractivity contribution in [3.05, 3.63) is 0 Å². The van der Waals surface area contributed by atoms with E-state index in [-0.39, 0.29) is 5.97 Å². The lowest BCUT2D eigenvalue weighted by atomic mass is 9.99. The number of rotatable bonds is 18. The molecular formula is C21H42O2S. The van der Waals surface area contributed by atoms with Crippen LogP contribution in [0.3, 0.4) is 0 Å². The Morgan fingerprint density at radius 3 is 1.50 bits per heavy atom. The first kappa shape index (κ1) is 23.8. The molecule has 0 bridgehead atoms. The summed E-state index contributed by atoms with van der Waals surface area (Å²) in [6, 6.07) is 0. The highest BCUT2D eigenvalue weighted by atomic mass is 32.1. The zero-order valence-corrected chi connectivity index (χ0v) is 17.3. The summed E-state index contributed by atoms with van der Waals surface area (Å²) in [7, 11) is 0. The van der Waals surface area contributed by atoms with Crippen molar-refractivity contribution in [2.24, 2.45) is 5.92 Å². The van der Waals surface area contributed by atoms with Gasteiger partial charge < -0.3 is 4.18 Å². The van der Waals surface area contributed by atoms with Gasteiger partial charge in [0.15, 0.2) is 0 Å². The van der Waals surface area contributed by atoms with Crippen LogP contribution in [0.15, 0.2) is 0 Å². The fourth-order valence-corrected chi connectivity index (χ4v) is 3.22. The molecule has 1 atom stereocenters. The van der Waals surface area contributed by atoms with Crippen molar-refractivity contribution in [3.63, 3.8) is 0 Å². The van der Waals surface area contributed by atoms with Gasteiger partial charge in [0.05, 0.1) is 0 Å². The first-order valence-electron chi connectivity index (χ1n) is 10.5. The molecule has 3 heteroatoms. The Hall–Kier alpha value is -0.180. The molecule has 0 radical (unpaired) electrons. The molecule has 144 valence electrons. The van der Waals surface area contributed by atoms with Crippen molar-refractivity contribution in [1.82, 2.24) is 0 Å². The van der Waals surface area contributed by atoms with Gasteiger partial charge in [0.1, 0.15) is 0 Å². The van der Waals surface area contributed by atoms with E-state index in [1.807, 2.05) is 0 Å². The fraction of sp³-hybridized carbons (Fsp3) is 0.952. The van der Waals surface area contributed by atoms with Gasteiger partial charge in [-0.05, 0) is 12.3 Å². The van der Waals surface area contributed by atoms with Crippen LogP contribution < -0.4 is 0 Å². The Balaban J connectivity index is 3.04. The van der Waals surface area contributed by atoms with E-state index in [0.717, 1.165) is 18.8 Å². The van der Waals surface area contributed by atoms with Crippen LogP contribution in [0, 0.1) is 5.92 Å². The van der Waals surface area contributed by atoms with Gasteiger partial charge in [0, 0.05) is 19.3 Å². The van der Waals surface area contributed by atoms with Gasteiger partial charge in [0.25, 0.3) is 0 Å². The second-order valence-electron chi connectivity index (χ2n) is 7.47. The molecule has 0 aromatic carbocycles. The number of carbonyl (C=O) groups excluding carboxylic acids is 1. The molecule has 0 heterocycles. The Morgan fingerprint density at radius 1 is 0.750 bits per heavy atom. The molecule has 0 saturated heterocycles. The number of hydrogen-bond donors (Lipinski definition) is 1. The third kappa shape index (κ3) is 18.2. The lowest BCUT2D eigenvalue weighted by Gasteiger charge is -2.07. The zero-order chi connectivity index (χ0) is 17.9. The van der Waals surface area contributed by atoms with Crippen LogP contribution in [0.1, 0.15) is 123 Å². The molecule has 0 amide bonds. The average Bonchev–Trinajstić information content (AvgIpc) is 2.60. The summed E-state index contributed by atoms with van der Waals surface area (Å²) >= 11 is 3.50. The summed E-state index contributed by atoms with van der Waals surface area (Å²) in [5.74, 6) is 0.725. The van der Waals surface area contributed by atoms with E-state index in [1.54, 1.807) is 0 Å². The van der Waals surface area contributed by atoms with Crippen molar-refractivity contribution in [2.45, 2.75) is 123 Å². The summed E-state index contributed by atoms with van der Waals surface area (Å²) in [6.45, 7) is 4.67. The Kier molecular flexibility index (Phi) is 19.0. The summed E-state index contributed by atoms with van der Waals surface area (Å²) in [6.07, 6.45) is 22.1. The van der Waals surface area contributed by atoms with Gasteiger partial charge >= 0.3 is 5.97 Å². The molecular weight excluding hydrogens is 316 g/mol. The minimum atomic E-state index is -0.200. The molecule has 0 rings (SSSR count). The summed E-state index contributed by atoms with van der Waals surface area (Å²) in [4.78, 5) is 10.9. The van der Waals surface area contributed by atoms with Gasteiger partial charge in [-0.25, -0.2) is 0 Å². The number of hydrogen-bond acceptors (Lipinski definition) is 3. The van der Waals surface area contributed by atoms with Gasteiger partial charge in [0.2, 0.25) is 0 Å². The minimum absolute atomic E-state index is 0.200. The maximum Gasteiger partial charge on any atom is 0.317 e. The molecule has 0 spiro atoms. The predicted molar refractivity (Wildman–Crippen MR) is 108 cm³/mol. The summed E-state index contributed by atoms with van der Waals surface area (Å²) in [5.41, 5.74) is 0.